The summed E-state index contributed by atoms with van der Waals surface area (Å²) in [5, 5.41) is 0. The Morgan fingerprint density at radius 1 is 0.458 bits per heavy atom. The molecule has 0 aliphatic carbocycles. The Kier molecular flexibility index (Phi) is 5.08. The predicted molar refractivity (Wildman–Crippen MR) is 107 cm³/mol. The van der Waals surface area contributed by atoms with Crippen molar-refractivity contribution in [1.82, 2.24) is 0 Å². The van der Waals surface area contributed by atoms with Gasteiger partial charge < -0.3 is 0 Å². The van der Waals surface area contributed by atoms with E-state index in [0.717, 1.165) is 0 Å². The van der Waals surface area contributed by atoms with Crippen molar-refractivity contribution in [3.8, 4) is 0 Å². The maximum Gasteiger partial charge on any atom is -0.0227 e. The van der Waals surface area contributed by atoms with Gasteiger partial charge in [-0.2, -0.15) is 0 Å². The van der Waals surface area contributed by atoms with Crippen molar-refractivity contribution < 1.29 is 0 Å². The topological polar surface area (TPSA) is 0 Å². The van der Waals surface area contributed by atoms with Gasteiger partial charge in [0.05, 0.1) is 0 Å². The molecule has 0 aliphatic rings. The van der Waals surface area contributed by atoms with Crippen LogP contribution < -0.4 is 0 Å². The third-order valence-corrected chi connectivity index (χ3v) is 4.22. The fourth-order valence-electron chi connectivity index (χ4n) is 2.64. The van der Waals surface area contributed by atoms with Crippen LogP contribution in [0.5, 0.6) is 0 Å². The Labute approximate surface area is 144 Å². The molecule has 118 valence electrons. The summed E-state index contributed by atoms with van der Waals surface area (Å²) in [5.74, 6) is 0. The molecule has 24 heavy (non-hydrogen) atoms. The summed E-state index contributed by atoms with van der Waals surface area (Å²) in [4.78, 5) is 0. The fourth-order valence-corrected chi connectivity index (χ4v) is 2.64. The second-order valence-electron chi connectivity index (χ2n) is 6.05. The molecule has 0 atom stereocenters. The molecule has 0 unspecified atom stereocenters. The summed E-state index contributed by atoms with van der Waals surface area (Å²) in [6, 6.07) is 25.5. The molecule has 0 spiro atoms. The molecule has 0 fully saturated rings. The summed E-state index contributed by atoms with van der Waals surface area (Å²) in [6.07, 6.45) is 8.68. The van der Waals surface area contributed by atoms with E-state index in [1.165, 1.54) is 33.4 Å². The highest BCUT2D eigenvalue weighted by atomic mass is 14.0. The summed E-state index contributed by atoms with van der Waals surface area (Å²) in [7, 11) is 0. The van der Waals surface area contributed by atoms with Crippen molar-refractivity contribution in [3.63, 3.8) is 0 Å². The summed E-state index contributed by atoms with van der Waals surface area (Å²) in [5.41, 5.74) is 7.55. The first-order valence-corrected chi connectivity index (χ1v) is 8.30. The molecular weight excluding hydrogens is 288 g/mol. The summed E-state index contributed by atoms with van der Waals surface area (Å²) < 4.78 is 0. The van der Waals surface area contributed by atoms with Crippen LogP contribution in [0.4, 0.5) is 0 Å². The van der Waals surface area contributed by atoms with Gasteiger partial charge in [0, 0.05) is 0 Å². The minimum Gasteiger partial charge on any atom is -0.0620 e. The maximum absolute atomic E-state index is 2.17. The molecule has 0 N–H and O–H groups in total. The molecule has 0 radical (unpaired) electrons. The Bertz CT molecular complexity index is 790. The van der Waals surface area contributed by atoms with Crippen LogP contribution in [0.25, 0.3) is 24.3 Å². The van der Waals surface area contributed by atoms with Gasteiger partial charge in [0.25, 0.3) is 0 Å². The van der Waals surface area contributed by atoms with Gasteiger partial charge in [-0.15, -0.1) is 0 Å². The standard InChI is InChI=1S/C24H22/c1-19-7-3-5-9-23(19)17-15-21-11-13-22(14-12-21)16-18-24-10-6-4-8-20(24)2/h3-18H,1-2H3/b17-15-,18-16-. The van der Waals surface area contributed by atoms with Crippen LogP contribution in [0.1, 0.15) is 33.4 Å². The zero-order valence-corrected chi connectivity index (χ0v) is 14.2. The second kappa shape index (κ2) is 7.61. The lowest BCUT2D eigenvalue weighted by atomic mass is 10.0. The van der Waals surface area contributed by atoms with Gasteiger partial charge in [-0.1, -0.05) is 97.1 Å². The van der Waals surface area contributed by atoms with Gasteiger partial charge >= 0.3 is 0 Å². The van der Waals surface area contributed by atoms with Gasteiger partial charge in [0.1, 0.15) is 0 Å². The first-order chi connectivity index (χ1) is 11.7. The molecule has 3 aromatic carbocycles. The normalized spacial score (nSPS) is 11.4. The lowest BCUT2D eigenvalue weighted by Gasteiger charge is -2.00. The Balaban J connectivity index is 1.72. The molecule has 0 aromatic heterocycles. The third-order valence-electron chi connectivity index (χ3n) is 4.22. The van der Waals surface area contributed by atoms with Crippen LogP contribution in [-0.2, 0) is 0 Å². The molecule has 0 aliphatic heterocycles. The molecule has 0 bridgehead atoms. The molecule has 0 heterocycles. The smallest absolute Gasteiger partial charge is 0.0227 e. The molecule has 0 saturated heterocycles. The van der Waals surface area contributed by atoms with Crippen molar-refractivity contribution >= 4 is 24.3 Å². The quantitative estimate of drug-likeness (QED) is 0.473. The van der Waals surface area contributed by atoms with E-state index in [1.807, 2.05) is 0 Å². The summed E-state index contributed by atoms with van der Waals surface area (Å²) >= 11 is 0. The van der Waals surface area contributed by atoms with Gasteiger partial charge in [-0.05, 0) is 47.2 Å². The van der Waals surface area contributed by atoms with Crippen molar-refractivity contribution in [2.75, 3.05) is 0 Å². The number of benzene rings is 3. The number of hydrogen-bond acceptors (Lipinski definition) is 0. The highest BCUT2D eigenvalue weighted by molar-refractivity contribution is 5.74. The average Bonchev–Trinajstić information content (AvgIpc) is 2.61. The molecule has 0 amide bonds. The molecular formula is C24H22. The zero-order chi connectivity index (χ0) is 16.8. The van der Waals surface area contributed by atoms with Crippen molar-refractivity contribution in [3.05, 3.63) is 106 Å². The Hall–Kier alpha value is -2.86. The number of aryl methyl sites for hydroxylation is 2. The number of rotatable bonds is 4. The largest absolute Gasteiger partial charge is 0.0620 e. The molecule has 3 aromatic rings. The van der Waals surface area contributed by atoms with Gasteiger partial charge in [-0.3, -0.25) is 0 Å². The Morgan fingerprint density at radius 3 is 1.21 bits per heavy atom. The van der Waals surface area contributed by atoms with Crippen molar-refractivity contribution in [1.29, 1.82) is 0 Å². The SMILES string of the molecule is Cc1ccccc1/C=C\c1ccc(/C=C\c2ccccc2C)cc1. The van der Waals surface area contributed by atoms with Crippen LogP contribution in [-0.4, -0.2) is 0 Å². The third kappa shape index (κ3) is 4.11. The minimum atomic E-state index is 1.21. The number of hydrogen-bond donors (Lipinski definition) is 0. The molecule has 0 heteroatoms. The van der Waals surface area contributed by atoms with Crippen LogP contribution in [0.15, 0.2) is 72.8 Å². The predicted octanol–water partition coefficient (Wildman–Crippen LogP) is 6.64. The lowest BCUT2D eigenvalue weighted by molar-refractivity contribution is 1.44. The van der Waals surface area contributed by atoms with Crippen LogP contribution in [0.3, 0.4) is 0 Å². The van der Waals surface area contributed by atoms with E-state index in [0.29, 0.717) is 0 Å². The van der Waals surface area contributed by atoms with E-state index in [-0.39, 0.29) is 0 Å². The highest BCUT2D eigenvalue weighted by Crippen LogP contribution is 2.15. The van der Waals surface area contributed by atoms with E-state index in [1.54, 1.807) is 0 Å². The van der Waals surface area contributed by atoms with E-state index < -0.39 is 0 Å². The fraction of sp³-hybridized carbons (Fsp3) is 0.0833. The monoisotopic (exact) mass is 310 g/mol. The molecule has 0 saturated carbocycles. The van der Waals surface area contributed by atoms with Crippen molar-refractivity contribution in [2.45, 2.75) is 13.8 Å². The Morgan fingerprint density at radius 2 is 0.833 bits per heavy atom. The average molecular weight is 310 g/mol. The zero-order valence-electron chi connectivity index (χ0n) is 14.2. The van der Waals surface area contributed by atoms with Crippen molar-refractivity contribution in [2.24, 2.45) is 0 Å². The van der Waals surface area contributed by atoms with Gasteiger partial charge in [0.2, 0.25) is 0 Å². The second-order valence-corrected chi connectivity index (χ2v) is 6.05. The van der Waals surface area contributed by atoms with Crippen LogP contribution in [0, 0.1) is 13.8 Å². The van der Waals surface area contributed by atoms with E-state index >= 15 is 0 Å². The van der Waals surface area contributed by atoms with E-state index in [4.69, 9.17) is 0 Å². The minimum absolute atomic E-state index is 1.21. The van der Waals surface area contributed by atoms with Crippen LogP contribution in [0.2, 0.25) is 0 Å². The van der Waals surface area contributed by atoms with Gasteiger partial charge in [0.15, 0.2) is 0 Å². The molecule has 0 nitrogen and oxygen atoms in total. The first-order valence-electron chi connectivity index (χ1n) is 8.30. The highest BCUT2D eigenvalue weighted by Gasteiger charge is 1.94. The van der Waals surface area contributed by atoms with Crippen LogP contribution >= 0.6 is 0 Å². The first kappa shape index (κ1) is 16.0. The summed E-state index contributed by atoms with van der Waals surface area (Å²) in [6.45, 7) is 4.28. The lowest BCUT2D eigenvalue weighted by Crippen LogP contribution is -1.80. The van der Waals surface area contributed by atoms with E-state index in [2.05, 4.69) is 111 Å². The van der Waals surface area contributed by atoms with E-state index in [9.17, 15) is 0 Å². The maximum atomic E-state index is 2.17. The molecule has 3 rings (SSSR count). The van der Waals surface area contributed by atoms with Gasteiger partial charge in [-0.25, -0.2) is 0 Å².